The van der Waals surface area contributed by atoms with Crippen molar-refractivity contribution in [3.8, 4) is 17.0 Å². The average Bonchev–Trinajstić information content (AvgIpc) is 2.89. The van der Waals surface area contributed by atoms with E-state index in [1.165, 1.54) is 0 Å². The number of benzene rings is 1. The highest BCUT2D eigenvalue weighted by molar-refractivity contribution is 5.99. The molecule has 1 fully saturated rings. The summed E-state index contributed by atoms with van der Waals surface area (Å²) < 4.78 is 10.6. The monoisotopic (exact) mass is 301 g/mol. The van der Waals surface area contributed by atoms with Crippen LogP contribution in [-0.4, -0.2) is 54.4 Å². The molecule has 1 saturated heterocycles. The van der Waals surface area contributed by atoms with Crippen molar-refractivity contribution in [2.24, 2.45) is 0 Å². The molecular weight excluding hydrogens is 282 g/mol. The summed E-state index contributed by atoms with van der Waals surface area (Å²) in [6, 6.07) is 7.57. The minimum absolute atomic E-state index is 0.0166. The van der Waals surface area contributed by atoms with Crippen molar-refractivity contribution in [2.45, 2.75) is 6.42 Å². The highest BCUT2D eigenvalue weighted by atomic mass is 16.5. The number of hydrogen-bond donors (Lipinski definition) is 1. The van der Waals surface area contributed by atoms with Crippen molar-refractivity contribution in [2.75, 3.05) is 33.4 Å². The van der Waals surface area contributed by atoms with Crippen molar-refractivity contribution < 1.29 is 14.3 Å². The number of methoxy groups -OCH3 is 1. The summed E-state index contributed by atoms with van der Waals surface area (Å²) in [5.74, 6) is 0.728. The maximum atomic E-state index is 12.7. The van der Waals surface area contributed by atoms with Crippen LogP contribution in [0.3, 0.4) is 0 Å². The van der Waals surface area contributed by atoms with Crippen LogP contribution in [0.15, 0.2) is 30.5 Å². The zero-order valence-corrected chi connectivity index (χ0v) is 12.5. The van der Waals surface area contributed by atoms with E-state index in [4.69, 9.17) is 9.47 Å². The van der Waals surface area contributed by atoms with Crippen molar-refractivity contribution in [1.29, 1.82) is 0 Å². The number of hydrogen-bond acceptors (Lipinski definition) is 4. The Kier molecular flexibility index (Phi) is 4.39. The number of carbonyl (C=O) groups is 1. The third kappa shape index (κ3) is 2.96. The third-order valence-corrected chi connectivity index (χ3v) is 3.74. The van der Waals surface area contributed by atoms with Crippen LogP contribution in [0.1, 0.15) is 16.8 Å². The molecule has 1 aliphatic heterocycles. The predicted octanol–water partition coefficient (Wildman–Crippen LogP) is 1.95. The van der Waals surface area contributed by atoms with Gasteiger partial charge in [-0.05, 0) is 18.6 Å². The van der Waals surface area contributed by atoms with E-state index in [0.29, 0.717) is 37.6 Å². The van der Waals surface area contributed by atoms with Crippen LogP contribution in [0, 0.1) is 0 Å². The lowest BCUT2D eigenvalue weighted by Crippen LogP contribution is -2.33. The lowest BCUT2D eigenvalue weighted by molar-refractivity contribution is 0.0742. The molecule has 1 amide bonds. The molecule has 0 radical (unpaired) electrons. The fraction of sp³-hybridized carbons (Fsp3) is 0.375. The molecule has 1 aromatic heterocycles. The van der Waals surface area contributed by atoms with E-state index in [1.807, 2.05) is 29.2 Å². The summed E-state index contributed by atoms with van der Waals surface area (Å²) in [7, 11) is 1.62. The molecule has 0 saturated carbocycles. The van der Waals surface area contributed by atoms with Gasteiger partial charge in [0, 0.05) is 25.3 Å². The van der Waals surface area contributed by atoms with Crippen molar-refractivity contribution in [1.82, 2.24) is 15.1 Å². The number of nitrogens with one attached hydrogen (secondary N) is 1. The maximum Gasteiger partial charge on any atom is 0.257 e. The summed E-state index contributed by atoms with van der Waals surface area (Å²) in [4.78, 5) is 14.6. The molecule has 1 aliphatic rings. The fourth-order valence-corrected chi connectivity index (χ4v) is 2.57. The Morgan fingerprint density at radius 3 is 3.14 bits per heavy atom. The van der Waals surface area contributed by atoms with Crippen molar-refractivity contribution >= 4 is 5.91 Å². The molecule has 116 valence electrons. The lowest BCUT2D eigenvalue weighted by atomic mass is 10.1. The van der Waals surface area contributed by atoms with Crippen LogP contribution in [0.4, 0.5) is 0 Å². The quantitative estimate of drug-likeness (QED) is 0.941. The second-order valence-corrected chi connectivity index (χ2v) is 5.15. The number of aromatic amines is 1. The van der Waals surface area contributed by atoms with Gasteiger partial charge in [0.1, 0.15) is 5.75 Å². The topological polar surface area (TPSA) is 67.5 Å². The Labute approximate surface area is 129 Å². The molecule has 6 nitrogen and oxygen atoms in total. The first kappa shape index (κ1) is 14.6. The Balaban J connectivity index is 1.89. The Bertz CT molecular complexity index is 646. The van der Waals surface area contributed by atoms with Crippen LogP contribution >= 0.6 is 0 Å². The lowest BCUT2D eigenvalue weighted by Gasteiger charge is -2.19. The van der Waals surface area contributed by atoms with Gasteiger partial charge in [-0.15, -0.1) is 0 Å². The van der Waals surface area contributed by atoms with Gasteiger partial charge in [0.25, 0.3) is 5.91 Å². The van der Waals surface area contributed by atoms with Gasteiger partial charge in [0.05, 0.1) is 31.2 Å². The SMILES string of the molecule is COc1cccc(-c2[nH]ncc2C(=O)N2CCCOCC2)c1. The number of amides is 1. The molecule has 1 N–H and O–H groups in total. The highest BCUT2D eigenvalue weighted by Gasteiger charge is 2.22. The van der Waals surface area contributed by atoms with Crippen LogP contribution < -0.4 is 4.74 Å². The normalized spacial score (nSPS) is 15.4. The minimum atomic E-state index is -0.0166. The van der Waals surface area contributed by atoms with Crippen LogP contribution in [-0.2, 0) is 4.74 Å². The molecule has 2 aromatic rings. The number of ether oxygens (including phenoxy) is 2. The fourth-order valence-electron chi connectivity index (χ4n) is 2.57. The van der Waals surface area contributed by atoms with Gasteiger partial charge in [-0.2, -0.15) is 5.10 Å². The second-order valence-electron chi connectivity index (χ2n) is 5.15. The summed E-state index contributed by atoms with van der Waals surface area (Å²) in [6.07, 6.45) is 2.45. The maximum absolute atomic E-state index is 12.7. The molecule has 0 aliphatic carbocycles. The van der Waals surface area contributed by atoms with E-state index in [9.17, 15) is 4.79 Å². The van der Waals surface area contributed by atoms with Crippen LogP contribution in [0.5, 0.6) is 5.75 Å². The summed E-state index contributed by atoms with van der Waals surface area (Å²) in [5.41, 5.74) is 2.18. The van der Waals surface area contributed by atoms with Crippen molar-refractivity contribution in [3.05, 3.63) is 36.0 Å². The zero-order valence-electron chi connectivity index (χ0n) is 12.5. The summed E-state index contributed by atoms with van der Waals surface area (Å²) in [6.45, 7) is 2.61. The zero-order chi connectivity index (χ0) is 15.4. The van der Waals surface area contributed by atoms with Gasteiger partial charge < -0.3 is 14.4 Å². The van der Waals surface area contributed by atoms with E-state index in [2.05, 4.69) is 10.2 Å². The molecule has 22 heavy (non-hydrogen) atoms. The third-order valence-electron chi connectivity index (χ3n) is 3.74. The molecule has 2 heterocycles. The number of aromatic nitrogens is 2. The van der Waals surface area contributed by atoms with Gasteiger partial charge in [-0.3, -0.25) is 9.89 Å². The highest BCUT2D eigenvalue weighted by Crippen LogP contribution is 2.26. The Hall–Kier alpha value is -2.34. The Morgan fingerprint density at radius 2 is 2.27 bits per heavy atom. The largest absolute Gasteiger partial charge is 0.497 e. The first-order valence-electron chi connectivity index (χ1n) is 7.34. The first-order valence-corrected chi connectivity index (χ1v) is 7.34. The molecule has 1 aromatic carbocycles. The molecule has 0 atom stereocenters. The first-order chi connectivity index (χ1) is 10.8. The standard InChI is InChI=1S/C16H19N3O3/c1-21-13-5-2-4-12(10-13)15-14(11-17-18-15)16(20)19-6-3-8-22-9-7-19/h2,4-5,10-11H,3,6-9H2,1H3,(H,17,18). The predicted molar refractivity (Wildman–Crippen MR) is 81.9 cm³/mol. The smallest absolute Gasteiger partial charge is 0.257 e. The summed E-state index contributed by atoms with van der Waals surface area (Å²) >= 11 is 0. The Morgan fingerprint density at radius 1 is 1.36 bits per heavy atom. The van der Waals surface area contributed by atoms with E-state index in [1.54, 1.807) is 13.3 Å². The van der Waals surface area contributed by atoms with Gasteiger partial charge in [-0.25, -0.2) is 0 Å². The molecule has 0 unspecified atom stereocenters. The van der Waals surface area contributed by atoms with Crippen LogP contribution in [0.25, 0.3) is 11.3 Å². The van der Waals surface area contributed by atoms with Gasteiger partial charge in [0.15, 0.2) is 0 Å². The van der Waals surface area contributed by atoms with E-state index >= 15 is 0 Å². The molecular formula is C16H19N3O3. The van der Waals surface area contributed by atoms with Crippen LogP contribution in [0.2, 0.25) is 0 Å². The number of rotatable bonds is 3. The number of H-pyrrole nitrogens is 1. The van der Waals surface area contributed by atoms with E-state index in [-0.39, 0.29) is 5.91 Å². The van der Waals surface area contributed by atoms with E-state index < -0.39 is 0 Å². The van der Waals surface area contributed by atoms with Gasteiger partial charge >= 0.3 is 0 Å². The van der Waals surface area contributed by atoms with Crippen molar-refractivity contribution in [3.63, 3.8) is 0 Å². The van der Waals surface area contributed by atoms with E-state index in [0.717, 1.165) is 17.7 Å². The van der Waals surface area contributed by atoms with Gasteiger partial charge in [-0.1, -0.05) is 12.1 Å². The molecule has 3 rings (SSSR count). The number of nitrogens with zero attached hydrogens (tertiary/aromatic N) is 2. The second kappa shape index (κ2) is 6.62. The molecule has 6 heteroatoms. The van der Waals surface area contributed by atoms with Gasteiger partial charge in [0.2, 0.25) is 0 Å². The molecule has 0 spiro atoms. The minimum Gasteiger partial charge on any atom is -0.497 e. The average molecular weight is 301 g/mol. The number of carbonyl (C=O) groups excluding carboxylic acids is 1. The molecule has 0 bridgehead atoms. The summed E-state index contributed by atoms with van der Waals surface area (Å²) in [5, 5.41) is 6.97.